The van der Waals surface area contributed by atoms with Crippen LogP contribution >= 0.6 is 0 Å². The molecule has 0 aromatic rings. The van der Waals surface area contributed by atoms with E-state index >= 15 is 0 Å². The first-order valence-corrected chi connectivity index (χ1v) is 3.81. The highest BCUT2D eigenvalue weighted by Gasteiger charge is 2.07. The Kier molecular flexibility index (Phi) is 5.11. The van der Waals surface area contributed by atoms with E-state index in [0.717, 1.165) is 5.57 Å². The first-order valence-electron chi connectivity index (χ1n) is 3.81. The summed E-state index contributed by atoms with van der Waals surface area (Å²) in [5, 5.41) is 0. The average molecular weight is 158 g/mol. The van der Waals surface area contributed by atoms with Crippen LogP contribution < -0.4 is 11.3 Å². The maximum Gasteiger partial charge on any atom is 0.0674 e. The molecular weight excluding hydrogens is 140 g/mol. The summed E-state index contributed by atoms with van der Waals surface area (Å²) in [5.74, 6) is 5.27. The van der Waals surface area contributed by atoms with Gasteiger partial charge in [0.1, 0.15) is 0 Å². The number of rotatable bonds is 5. The smallest absolute Gasteiger partial charge is 0.0674 e. The highest BCUT2D eigenvalue weighted by atomic mass is 16.5. The van der Waals surface area contributed by atoms with Crippen LogP contribution in [0.15, 0.2) is 12.2 Å². The molecule has 0 saturated heterocycles. The van der Waals surface area contributed by atoms with Gasteiger partial charge in [0.25, 0.3) is 0 Å². The van der Waals surface area contributed by atoms with E-state index in [1.807, 2.05) is 20.8 Å². The summed E-state index contributed by atoms with van der Waals surface area (Å²) in [4.78, 5) is 0. The van der Waals surface area contributed by atoms with Crippen LogP contribution in [0.2, 0.25) is 0 Å². The summed E-state index contributed by atoms with van der Waals surface area (Å²) in [7, 11) is 0. The zero-order valence-electron chi connectivity index (χ0n) is 7.55. The number of nitrogens with one attached hydrogen (secondary N) is 1. The van der Waals surface area contributed by atoms with Gasteiger partial charge in [-0.05, 0) is 20.8 Å². The molecule has 0 bridgehead atoms. The van der Waals surface area contributed by atoms with Crippen molar-refractivity contribution in [2.75, 3.05) is 6.61 Å². The van der Waals surface area contributed by atoms with E-state index < -0.39 is 0 Å². The van der Waals surface area contributed by atoms with Crippen molar-refractivity contribution in [2.24, 2.45) is 5.84 Å². The highest BCUT2D eigenvalue weighted by molar-refractivity contribution is 5.00. The maximum absolute atomic E-state index is 5.35. The molecule has 0 saturated carbocycles. The molecule has 3 heteroatoms. The quantitative estimate of drug-likeness (QED) is 0.354. The van der Waals surface area contributed by atoms with Crippen LogP contribution in [0.4, 0.5) is 0 Å². The molecule has 0 amide bonds. The Hall–Kier alpha value is -0.380. The van der Waals surface area contributed by atoms with Gasteiger partial charge >= 0.3 is 0 Å². The van der Waals surface area contributed by atoms with E-state index in [-0.39, 0.29) is 12.1 Å². The van der Waals surface area contributed by atoms with Crippen molar-refractivity contribution in [1.82, 2.24) is 5.43 Å². The highest BCUT2D eigenvalue weighted by Crippen LogP contribution is 1.99. The summed E-state index contributed by atoms with van der Waals surface area (Å²) in [6.45, 7) is 10.3. The van der Waals surface area contributed by atoms with E-state index in [1.54, 1.807) is 0 Å². The predicted molar refractivity (Wildman–Crippen MR) is 47.0 cm³/mol. The normalized spacial score (nSPS) is 13.5. The second kappa shape index (κ2) is 5.29. The number of ether oxygens (including phenoxy) is 1. The molecule has 0 rings (SSSR count). The maximum atomic E-state index is 5.35. The number of hydrogen-bond donors (Lipinski definition) is 2. The van der Waals surface area contributed by atoms with Gasteiger partial charge in [0.15, 0.2) is 0 Å². The zero-order chi connectivity index (χ0) is 8.85. The number of hydrogen-bond acceptors (Lipinski definition) is 3. The topological polar surface area (TPSA) is 47.3 Å². The van der Waals surface area contributed by atoms with Crippen LogP contribution in [-0.4, -0.2) is 18.8 Å². The molecule has 0 aliphatic rings. The van der Waals surface area contributed by atoms with Crippen LogP contribution in [0, 0.1) is 0 Å². The Morgan fingerprint density at radius 3 is 2.45 bits per heavy atom. The van der Waals surface area contributed by atoms with Crippen molar-refractivity contribution in [2.45, 2.75) is 32.9 Å². The molecule has 1 unspecified atom stereocenters. The van der Waals surface area contributed by atoms with Crippen LogP contribution in [0.25, 0.3) is 0 Å². The molecule has 0 aliphatic heterocycles. The van der Waals surface area contributed by atoms with Gasteiger partial charge in [-0.25, -0.2) is 0 Å². The van der Waals surface area contributed by atoms with Crippen molar-refractivity contribution in [3.8, 4) is 0 Å². The Morgan fingerprint density at radius 2 is 2.18 bits per heavy atom. The SMILES string of the molecule is C=C(C)C(COC(C)C)NN. The first kappa shape index (κ1) is 10.6. The fourth-order valence-corrected chi connectivity index (χ4v) is 0.621. The first-order chi connectivity index (χ1) is 5.07. The van der Waals surface area contributed by atoms with Gasteiger partial charge < -0.3 is 4.74 Å². The summed E-state index contributed by atoms with van der Waals surface area (Å²) < 4.78 is 5.35. The molecule has 0 heterocycles. The minimum Gasteiger partial charge on any atom is -0.377 e. The van der Waals surface area contributed by atoms with E-state index in [0.29, 0.717) is 6.61 Å². The van der Waals surface area contributed by atoms with Gasteiger partial charge in [0.05, 0.1) is 18.8 Å². The third kappa shape index (κ3) is 4.95. The third-order valence-electron chi connectivity index (χ3n) is 1.39. The monoisotopic (exact) mass is 158 g/mol. The largest absolute Gasteiger partial charge is 0.377 e. The van der Waals surface area contributed by atoms with Crippen molar-refractivity contribution < 1.29 is 4.74 Å². The van der Waals surface area contributed by atoms with E-state index in [2.05, 4.69) is 12.0 Å². The lowest BCUT2D eigenvalue weighted by Crippen LogP contribution is -2.39. The van der Waals surface area contributed by atoms with Gasteiger partial charge in [0.2, 0.25) is 0 Å². The third-order valence-corrected chi connectivity index (χ3v) is 1.39. The molecule has 3 nitrogen and oxygen atoms in total. The Morgan fingerprint density at radius 1 is 1.64 bits per heavy atom. The minimum absolute atomic E-state index is 0.0670. The molecule has 0 aliphatic carbocycles. The van der Waals surface area contributed by atoms with Crippen LogP contribution in [-0.2, 0) is 4.74 Å². The van der Waals surface area contributed by atoms with Crippen molar-refractivity contribution in [3.05, 3.63) is 12.2 Å². The van der Waals surface area contributed by atoms with Gasteiger partial charge in [-0.15, -0.1) is 0 Å². The van der Waals surface area contributed by atoms with Gasteiger partial charge in [-0.1, -0.05) is 12.2 Å². The van der Waals surface area contributed by atoms with Crippen LogP contribution in [0.5, 0.6) is 0 Å². The molecular formula is C8H18N2O. The number of hydrazine groups is 1. The minimum atomic E-state index is 0.0670. The molecule has 0 spiro atoms. The lowest BCUT2D eigenvalue weighted by Gasteiger charge is -2.17. The second-order valence-electron chi connectivity index (χ2n) is 2.95. The van der Waals surface area contributed by atoms with Crippen LogP contribution in [0.3, 0.4) is 0 Å². The molecule has 0 aromatic heterocycles. The predicted octanol–water partition coefficient (Wildman–Crippen LogP) is 0.819. The summed E-state index contributed by atoms with van der Waals surface area (Å²) >= 11 is 0. The summed E-state index contributed by atoms with van der Waals surface area (Å²) in [5.41, 5.74) is 3.63. The summed E-state index contributed by atoms with van der Waals surface area (Å²) in [6, 6.07) is 0.0670. The van der Waals surface area contributed by atoms with E-state index in [4.69, 9.17) is 10.6 Å². The fourth-order valence-electron chi connectivity index (χ4n) is 0.621. The molecule has 3 N–H and O–H groups in total. The van der Waals surface area contributed by atoms with Crippen molar-refractivity contribution in [1.29, 1.82) is 0 Å². The fraction of sp³-hybridized carbons (Fsp3) is 0.750. The molecule has 0 aromatic carbocycles. The number of nitrogens with two attached hydrogens (primary N) is 1. The van der Waals surface area contributed by atoms with Crippen molar-refractivity contribution in [3.63, 3.8) is 0 Å². The molecule has 0 radical (unpaired) electrons. The Bertz CT molecular complexity index is 123. The molecule has 0 fully saturated rings. The molecule has 66 valence electrons. The Balaban J connectivity index is 3.61. The lowest BCUT2D eigenvalue weighted by molar-refractivity contribution is 0.0677. The molecule has 11 heavy (non-hydrogen) atoms. The zero-order valence-corrected chi connectivity index (χ0v) is 7.55. The van der Waals surface area contributed by atoms with Gasteiger partial charge in [-0.3, -0.25) is 11.3 Å². The van der Waals surface area contributed by atoms with Crippen molar-refractivity contribution >= 4 is 0 Å². The van der Waals surface area contributed by atoms with E-state index in [9.17, 15) is 0 Å². The summed E-state index contributed by atoms with van der Waals surface area (Å²) in [6.07, 6.45) is 0.241. The second-order valence-corrected chi connectivity index (χ2v) is 2.95. The lowest BCUT2D eigenvalue weighted by atomic mass is 10.2. The molecule has 1 atom stereocenters. The van der Waals surface area contributed by atoms with Gasteiger partial charge in [0, 0.05) is 0 Å². The van der Waals surface area contributed by atoms with Crippen LogP contribution in [0.1, 0.15) is 20.8 Å². The standard InChI is InChI=1S/C8H18N2O/c1-6(2)8(10-9)5-11-7(3)4/h7-8,10H,1,5,9H2,2-4H3. The average Bonchev–Trinajstić information content (AvgIpc) is 1.87. The van der Waals surface area contributed by atoms with E-state index in [1.165, 1.54) is 0 Å². The Labute approximate surface area is 68.6 Å². The van der Waals surface area contributed by atoms with Gasteiger partial charge in [-0.2, -0.15) is 0 Å².